The highest BCUT2D eigenvalue weighted by atomic mass is 35.5. The molecule has 2 aromatic rings. The molecule has 0 aliphatic carbocycles. The van der Waals surface area contributed by atoms with Gasteiger partial charge >= 0.3 is 0 Å². The molecule has 6 heteroatoms. The van der Waals surface area contributed by atoms with E-state index in [1.807, 2.05) is 24.3 Å². The Morgan fingerprint density at radius 1 is 0.760 bits per heavy atom. The maximum absolute atomic E-state index is 5.49. The summed E-state index contributed by atoms with van der Waals surface area (Å²) in [7, 11) is 6.54. The maximum Gasteiger partial charge on any atom is 0.203 e. The summed E-state index contributed by atoms with van der Waals surface area (Å²) in [5, 5.41) is 3.43. The Bertz CT molecular complexity index is 647. The second kappa shape index (κ2) is 10.7. The Balaban J connectivity index is 0.00000312. The van der Waals surface area contributed by atoms with Gasteiger partial charge in [-0.3, -0.25) is 0 Å². The predicted octanol–water partition coefficient (Wildman–Crippen LogP) is 0.0573. The van der Waals surface area contributed by atoms with Crippen LogP contribution in [0.4, 0.5) is 0 Å². The van der Waals surface area contributed by atoms with Gasteiger partial charge in [0.2, 0.25) is 5.75 Å². The summed E-state index contributed by atoms with van der Waals surface area (Å²) >= 11 is 0. The molecule has 2 rings (SSSR count). The molecule has 0 amide bonds. The van der Waals surface area contributed by atoms with Gasteiger partial charge in [0.25, 0.3) is 0 Å². The van der Waals surface area contributed by atoms with Gasteiger partial charge in [-0.1, -0.05) is 18.2 Å². The second-order valence-corrected chi connectivity index (χ2v) is 5.27. The Morgan fingerprint density at radius 2 is 1.44 bits per heavy atom. The van der Waals surface area contributed by atoms with E-state index in [4.69, 9.17) is 18.9 Å². The maximum atomic E-state index is 5.49. The molecule has 0 fully saturated rings. The summed E-state index contributed by atoms with van der Waals surface area (Å²) in [6.45, 7) is 1.56. The molecule has 0 atom stereocenters. The highest BCUT2D eigenvalue weighted by Gasteiger charge is 2.15. The van der Waals surface area contributed by atoms with E-state index in [0.29, 0.717) is 23.8 Å². The van der Waals surface area contributed by atoms with Crippen LogP contribution < -0.4 is 36.7 Å². The lowest BCUT2D eigenvalue weighted by Gasteiger charge is -2.16. The lowest BCUT2D eigenvalue weighted by atomic mass is 10.1. The van der Waals surface area contributed by atoms with Gasteiger partial charge in [0, 0.05) is 12.1 Å². The smallest absolute Gasteiger partial charge is 0.203 e. The van der Waals surface area contributed by atoms with Crippen LogP contribution in [0.3, 0.4) is 0 Å². The van der Waals surface area contributed by atoms with Gasteiger partial charge in [-0.15, -0.1) is 0 Å². The summed E-state index contributed by atoms with van der Waals surface area (Å²) < 4.78 is 21.4. The molecule has 138 valence electrons. The van der Waals surface area contributed by atoms with E-state index < -0.39 is 0 Å². The van der Waals surface area contributed by atoms with Crippen molar-refractivity contribution in [1.29, 1.82) is 0 Å². The molecule has 25 heavy (non-hydrogen) atoms. The van der Waals surface area contributed by atoms with Crippen LogP contribution in [-0.2, 0) is 13.0 Å². The summed E-state index contributed by atoms with van der Waals surface area (Å²) in [5.41, 5.74) is 2.30. The van der Waals surface area contributed by atoms with Gasteiger partial charge in [0.05, 0.1) is 28.4 Å². The molecule has 0 aliphatic heterocycles. The van der Waals surface area contributed by atoms with Crippen molar-refractivity contribution in [3.05, 3.63) is 47.5 Å². The van der Waals surface area contributed by atoms with E-state index in [1.54, 1.807) is 28.4 Å². The molecular formula is C19H25ClNO4-. The SMILES string of the molecule is COc1ccc(CCNCc2ccc(OC)c(OC)c2OC)cc1.[Cl-]. The quantitative estimate of drug-likeness (QED) is 0.636. The highest BCUT2D eigenvalue weighted by Crippen LogP contribution is 2.39. The zero-order valence-corrected chi connectivity index (χ0v) is 15.9. The molecular weight excluding hydrogens is 342 g/mol. The lowest BCUT2D eigenvalue weighted by Crippen LogP contribution is -3.00. The Kier molecular flexibility index (Phi) is 8.95. The van der Waals surface area contributed by atoms with Crippen molar-refractivity contribution in [1.82, 2.24) is 5.32 Å². The molecule has 0 aromatic heterocycles. The number of nitrogens with one attached hydrogen (secondary N) is 1. The van der Waals surface area contributed by atoms with Crippen molar-refractivity contribution < 1.29 is 31.4 Å². The first-order chi connectivity index (χ1) is 11.7. The number of hydrogen-bond acceptors (Lipinski definition) is 5. The third-order valence-electron chi connectivity index (χ3n) is 3.85. The Hall–Kier alpha value is -2.11. The molecule has 0 radical (unpaired) electrons. The van der Waals surface area contributed by atoms with Crippen LogP contribution in [0.5, 0.6) is 23.0 Å². The van der Waals surface area contributed by atoms with Gasteiger partial charge in [-0.05, 0) is 36.7 Å². The van der Waals surface area contributed by atoms with Crippen molar-refractivity contribution in [3.8, 4) is 23.0 Å². The minimum atomic E-state index is 0. The summed E-state index contributed by atoms with van der Waals surface area (Å²) in [5.74, 6) is 2.86. The molecule has 1 N–H and O–H groups in total. The number of halogens is 1. The number of rotatable bonds is 9. The first-order valence-corrected chi connectivity index (χ1v) is 7.85. The van der Waals surface area contributed by atoms with Crippen molar-refractivity contribution in [2.24, 2.45) is 0 Å². The lowest BCUT2D eigenvalue weighted by molar-refractivity contribution is -0.00000604. The van der Waals surface area contributed by atoms with Gasteiger partial charge in [-0.2, -0.15) is 0 Å². The molecule has 0 unspecified atom stereocenters. The molecule has 0 heterocycles. The highest BCUT2D eigenvalue weighted by molar-refractivity contribution is 5.55. The predicted molar refractivity (Wildman–Crippen MR) is 94.5 cm³/mol. The van der Waals surface area contributed by atoms with Crippen LogP contribution >= 0.6 is 0 Å². The molecule has 2 aromatic carbocycles. The normalized spacial score (nSPS) is 9.92. The zero-order chi connectivity index (χ0) is 17.4. The van der Waals surface area contributed by atoms with Crippen molar-refractivity contribution in [2.45, 2.75) is 13.0 Å². The molecule has 0 saturated heterocycles. The fourth-order valence-corrected chi connectivity index (χ4v) is 2.55. The largest absolute Gasteiger partial charge is 1.00 e. The average Bonchev–Trinajstić information content (AvgIpc) is 2.64. The Labute approximate surface area is 155 Å². The average molecular weight is 367 g/mol. The van der Waals surface area contributed by atoms with Crippen LogP contribution in [0.1, 0.15) is 11.1 Å². The number of methoxy groups -OCH3 is 4. The first kappa shape index (κ1) is 20.9. The van der Waals surface area contributed by atoms with Crippen LogP contribution in [0, 0.1) is 0 Å². The monoisotopic (exact) mass is 366 g/mol. The van der Waals surface area contributed by atoms with Crippen molar-refractivity contribution in [3.63, 3.8) is 0 Å². The van der Waals surface area contributed by atoms with Gasteiger partial charge in [0.1, 0.15) is 5.75 Å². The third kappa shape index (κ3) is 5.44. The molecule has 0 spiro atoms. The number of hydrogen-bond donors (Lipinski definition) is 1. The number of benzene rings is 2. The summed E-state index contributed by atoms with van der Waals surface area (Å²) in [6.07, 6.45) is 0.944. The van der Waals surface area contributed by atoms with Crippen LogP contribution in [0.2, 0.25) is 0 Å². The van der Waals surface area contributed by atoms with E-state index in [1.165, 1.54) is 5.56 Å². The van der Waals surface area contributed by atoms with Crippen molar-refractivity contribution >= 4 is 0 Å². The van der Waals surface area contributed by atoms with Crippen LogP contribution in [-0.4, -0.2) is 35.0 Å². The fraction of sp³-hybridized carbons (Fsp3) is 0.368. The van der Waals surface area contributed by atoms with Crippen LogP contribution in [0.25, 0.3) is 0 Å². The second-order valence-electron chi connectivity index (χ2n) is 5.27. The van der Waals surface area contributed by atoms with E-state index in [9.17, 15) is 0 Å². The summed E-state index contributed by atoms with van der Waals surface area (Å²) in [6, 6.07) is 12.0. The first-order valence-electron chi connectivity index (χ1n) is 7.85. The van der Waals surface area contributed by atoms with Crippen LogP contribution in [0.15, 0.2) is 36.4 Å². The molecule has 0 bridgehead atoms. The minimum absolute atomic E-state index is 0. The number of ether oxygens (including phenoxy) is 4. The standard InChI is InChI=1S/C19H25NO4.ClH/c1-21-16-8-5-14(6-9-16)11-12-20-13-15-7-10-17(22-2)19(24-4)18(15)23-3;/h5-10,20H,11-13H2,1-4H3;1H/p-1. The Morgan fingerprint density at radius 3 is 2.00 bits per heavy atom. The molecule has 5 nitrogen and oxygen atoms in total. The van der Waals surface area contributed by atoms with Crippen molar-refractivity contribution in [2.75, 3.05) is 35.0 Å². The summed E-state index contributed by atoms with van der Waals surface area (Å²) in [4.78, 5) is 0. The van der Waals surface area contributed by atoms with Gasteiger partial charge in [-0.25, -0.2) is 0 Å². The molecule has 0 saturated carbocycles. The van der Waals surface area contributed by atoms with E-state index in [2.05, 4.69) is 17.4 Å². The third-order valence-corrected chi connectivity index (χ3v) is 3.85. The topological polar surface area (TPSA) is 49.0 Å². The molecule has 0 aliphatic rings. The van der Waals surface area contributed by atoms with E-state index in [0.717, 1.165) is 24.3 Å². The minimum Gasteiger partial charge on any atom is -1.00 e. The van der Waals surface area contributed by atoms with Gasteiger partial charge in [0.15, 0.2) is 11.5 Å². The van der Waals surface area contributed by atoms with E-state index in [-0.39, 0.29) is 12.4 Å². The fourth-order valence-electron chi connectivity index (χ4n) is 2.55. The van der Waals surface area contributed by atoms with Gasteiger partial charge < -0.3 is 36.7 Å². The van der Waals surface area contributed by atoms with E-state index >= 15 is 0 Å². The zero-order valence-electron chi connectivity index (χ0n) is 15.1.